The number of anilines is 1. The molecule has 2 aromatic rings. The highest BCUT2D eigenvalue weighted by molar-refractivity contribution is 6.40. The maximum Gasteiger partial charge on any atom is 0.262 e. The highest BCUT2D eigenvalue weighted by atomic mass is 35.5. The van der Waals surface area contributed by atoms with Gasteiger partial charge < -0.3 is 10.1 Å². The van der Waals surface area contributed by atoms with Crippen LogP contribution in [0.4, 0.5) is 10.1 Å². The molecule has 0 saturated carbocycles. The summed E-state index contributed by atoms with van der Waals surface area (Å²) in [4.78, 5) is 11.8. The van der Waals surface area contributed by atoms with E-state index in [1.54, 1.807) is 0 Å². The Balaban J connectivity index is 2.02. The monoisotopic (exact) mass is 381 g/mol. The highest BCUT2D eigenvalue weighted by Gasteiger charge is 2.13. The third kappa shape index (κ3) is 4.40. The Hall–Kier alpha value is -1.20. The molecule has 116 valence electrons. The molecule has 2 rings (SSSR count). The van der Waals surface area contributed by atoms with E-state index in [2.05, 4.69) is 5.32 Å². The number of amides is 1. The summed E-state index contributed by atoms with van der Waals surface area (Å²) in [7, 11) is 0. The lowest BCUT2D eigenvalue weighted by atomic mass is 10.3. The predicted octanol–water partition coefficient (Wildman–Crippen LogP) is 5.46. The Bertz CT molecular complexity index is 701. The normalized spacial score (nSPS) is 10.4. The summed E-state index contributed by atoms with van der Waals surface area (Å²) in [6, 6.07) is 6.75. The van der Waals surface area contributed by atoms with Crippen LogP contribution in [0.5, 0.6) is 5.75 Å². The number of ether oxygens (including phenoxy) is 1. The van der Waals surface area contributed by atoms with Gasteiger partial charge in [0, 0.05) is 10.0 Å². The van der Waals surface area contributed by atoms with E-state index in [9.17, 15) is 9.18 Å². The number of nitrogens with one attached hydrogen (secondary N) is 1. The van der Waals surface area contributed by atoms with Gasteiger partial charge in [0.05, 0.1) is 15.7 Å². The molecule has 0 aromatic heterocycles. The Labute approximate surface area is 145 Å². The van der Waals surface area contributed by atoms with E-state index in [0.29, 0.717) is 5.02 Å². The van der Waals surface area contributed by atoms with Crippen LogP contribution in [0.3, 0.4) is 0 Å². The highest BCUT2D eigenvalue weighted by Crippen LogP contribution is 2.35. The number of carbonyl (C=O) groups is 1. The van der Waals surface area contributed by atoms with Crippen LogP contribution in [0.2, 0.25) is 20.1 Å². The summed E-state index contributed by atoms with van der Waals surface area (Å²) in [6.07, 6.45) is 0. The molecule has 0 aliphatic heterocycles. The van der Waals surface area contributed by atoms with E-state index in [-0.39, 0.29) is 26.5 Å². The molecule has 0 saturated heterocycles. The number of benzene rings is 2. The van der Waals surface area contributed by atoms with Crippen molar-refractivity contribution in [3.8, 4) is 5.75 Å². The Morgan fingerprint density at radius 2 is 1.68 bits per heavy atom. The number of hydrogen-bond donors (Lipinski definition) is 1. The zero-order valence-electron chi connectivity index (χ0n) is 10.8. The number of halogens is 5. The van der Waals surface area contributed by atoms with E-state index >= 15 is 0 Å². The van der Waals surface area contributed by atoms with Crippen molar-refractivity contribution in [2.45, 2.75) is 0 Å². The van der Waals surface area contributed by atoms with Crippen molar-refractivity contribution in [2.24, 2.45) is 0 Å². The van der Waals surface area contributed by atoms with Crippen LogP contribution in [-0.2, 0) is 4.79 Å². The molecule has 8 heteroatoms. The molecule has 0 atom stereocenters. The van der Waals surface area contributed by atoms with Gasteiger partial charge >= 0.3 is 0 Å². The third-order valence-electron chi connectivity index (χ3n) is 2.52. The lowest BCUT2D eigenvalue weighted by molar-refractivity contribution is -0.118. The summed E-state index contributed by atoms with van der Waals surface area (Å²) in [5, 5.41) is 3.26. The molecular weight excluding hydrogens is 375 g/mol. The van der Waals surface area contributed by atoms with Gasteiger partial charge in [0.2, 0.25) is 0 Å². The average molecular weight is 383 g/mol. The van der Waals surface area contributed by atoms with Crippen molar-refractivity contribution in [1.82, 2.24) is 0 Å². The molecule has 0 fully saturated rings. The fraction of sp³-hybridized carbons (Fsp3) is 0.0714. The van der Waals surface area contributed by atoms with Crippen LogP contribution in [0.25, 0.3) is 0 Å². The SMILES string of the molecule is O=C(COc1c(Cl)cc(Cl)cc1Cl)Nc1ccc(Cl)cc1F. The van der Waals surface area contributed by atoms with Crippen molar-refractivity contribution in [3.05, 3.63) is 56.2 Å². The van der Waals surface area contributed by atoms with Crippen LogP contribution in [0.15, 0.2) is 30.3 Å². The summed E-state index contributed by atoms with van der Waals surface area (Å²) >= 11 is 23.2. The largest absolute Gasteiger partial charge is 0.481 e. The van der Waals surface area contributed by atoms with Gasteiger partial charge in [0.15, 0.2) is 12.4 Å². The molecule has 0 radical (unpaired) electrons. The summed E-state index contributed by atoms with van der Waals surface area (Å²) in [6.45, 7) is -0.400. The first-order chi connectivity index (χ1) is 10.4. The molecule has 2 aromatic carbocycles. The lowest BCUT2D eigenvalue weighted by Crippen LogP contribution is -2.21. The standard InChI is InChI=1S/C14H8Cl4FNO2/c15-7-1-2-12(11(19)5-7)20-13(21)6-22-14-9(17)3-8(16)4-10(14)18/h1-5H,6H2,(H,20,21). The Morgan fingerprint density at radius 3 is 2.27 bits per heavy atom. The average Bonchev–Trinajstić information content (AvgIpc) is 2.40. The topological polar surface area (TPSA) is 38.3 Å². The van der Waals surface area contributed by atoms with Crippen molar-refractivity contribution in [1.29, 1.82) is 0 Å². The fourth-order valence-corrected chi connectivity index (χ4v) is 2.67. The Morgan fingerprint density at radius 1 is 1.05 bits per heavy atom. The maximum absolute atomic E-state index is 13.5. The predicted molar refractivity (Wildman–Crippen MR) is 87.0 cm³/mol. The minimum atomic E-state index is -0.650. The summed E-state index contributed by atoms with van der Waals surface area (Å²) in [5.74, 6) is -1.11. The van der Waals surface area contributed by atoms with Crippen molar-refractivity contribution in [3.63, 3.8) is 0 Å². The fourth-order valence-electron chi connectivity index (χ4n) is 1.58. The van der Waals surface area contributed by atoms with Gasteiger partial charge in [-0.15, -0.1) is 0 Å². The molecule has 3 nitrogen and oxygen atoms in total. The van der Waals surface area contributed by atoms with Gasteiger partial charge in [-0.25, -0.2) is 4.39 Å². The van der Waals surface area contributed by atoms with Crippen molar-refractivity contribution in [2.75, 3.05) is 11.9 Å². The zero-order chi connectivity index (χ0) is 16.3. The smallest absolute Gasteiger partial charge is 0.262 e. The van der Waals surface area contributed by atoms with Crippen LogP contribution in [0, 0.1) is 5.82 Å². The maximum atomic E-state index is 13.5. The lowest BCUT2D eigenvalue weighted by Gasteiger charge is -2.11. The van der Waals surface area contributed by atoms with Gasteiger partial charge in [0.25, 0.3) is 5.91 Å². The minimum Gasteiger partial charge on any atom is -0.481 e. The van der Waals surface area contributed by atoms with Crippen LogP contribution in [-0.4, -0.2) is 12.5 Å². The number of hydrogen-bond acceptors (Lipinski definition) is 2. The quantitative estimate of drug-likeness (QED) is 0.762. The molecule has 0 aliphatic carbocycles. The molecule has 22 heavy (non-hydrogen) atoms. The first-order valence-electron chi connectivity index (χ1n) is 5.89. The number of rotatable bonds is 4. The molecular formula is C14H8Cl4FNO2. The molecule has 0 bridgehead atoms. The van der Waals surface area contributed by atoms with E-state index in [0.717, 1.165) is 6.07 Å². The van der Waals surface area contributed by atoms with Gasteiger partial charge in [0.1, 0.15) is 5.82 Å². The van der Waals surface area contributed by atoms with E-state index < -0.39 is 18.3 Å². The van der Waals surface area contributed by atoms with Gasteiger partial charge in [-0.3, -0.25) is 4.79 Å². The molecule has 1 N–H and O–H groups in total. The third-order valence-corrected chi connectivity index (χ3v) is 3.53. The molecule has 0 aliphatic rings. The van der Waals surface area contributed by atoms with E-state index in [1.807, 2.05) is 0 Å². The van der Waals surface area contributed by atoms with E-state index in [1.165, 1.54) is 24.3 Å². The van der Waals surface area contributed by atoms with Gasteiger partial charge in [-0.1, -0.05) is 46.4 Å². The summed E-state index contributed by atoms with van der Waals surface area (Å²) in [5.41, 5.74) is -0.00806. The van der Waals surface area contributed by atoms with Gasteiger partial charge in [-0.2, -0.15) is 0 Å². The second-order valence-corrected chi connectivity index (χ2v) is 5.85. The first-order valence-corrected chi connectivity index (χ1v) is 7.40. The molecule has 0 heterocycles. The van der Waals surface area contributed by atoms with Crippen molar-refractivity contribution < 1.29 is 13.9 Å². The van der Waals surface area contributed by atoms with Crippen LogP contribution >= 0.6 is 46.4 Å². The van der Waals surface area contributed by atoms with Gasteiger partial charge in [-0.05, 0) is 30.3 Å². The molecule has 0 spiro atoms. The van der Waals surface area contributed by atoms with Crippen molar-refractivity contribution >= 4 is 58.0 Å². The second-order valence-electron chi connectivity index (χ2n) is 4.16. The second kappa shape index (κ2) is 7.38. The molecule has 0 unspecified atom stereocenters. The van der Waals surface area contributed by atoms with Crippen LogP contribution < -0.4 is 10.1 Å². The molecule has 1 amide bonds. The summed E-state index contributed by atoms with van der Waals surface area (Å²) < 4.78 is 18.8. The first kappa shape index (κ1) is 17.2. The van der Waals surface area contributed by atoms with E-state index in [4.69, 9.17) is 51.1 Å². The van der Waals surface area contributed by atoms with Crippen LogP contribution in [0.1, 0.15) is 0 Å². The number of carbonyl (C=O) groups excluding carboxylic acids is 1. The minimum absolute atomic E-state index is 0.00806. The Kier molecular flexibility index (Phi) is 5.75. The zero-order valence-corrected chi connectivity index (χ0v) is 13.8.